The molecule has 0 radical (unpaired) electrons. The second-order valence-electron chi connectivity index (χ2n) is 4.46. The molecular weight excluding hydrogens is 282 g/mol. The fourth-order valence-electron chi connectivity index (χ4n) is 2.37. The largest absolute Gasteiger partial charge is 0.376 e. The van der Waals surface area contributed by atoms with E-state index in [1.165, 1.54) is 35.6 Å². The van der Waals surface area contributed by atoms with Gasteiger partial charge in [-0.15, -0.1) is 0 Å². The van der Waals surface area contributed by atoms with Gasteiger partial charge >= 0.3 is 0 Å². The normalized spacial score (nSPS) is 21.6. The summed E-state index contributed by atoms with van der Waals surface area (Å²) in [6.45, 7) is 0. The highest BCUT2D eigenvalue weighted by molar-refractivity contribution is 9.10. The molecule has 0 aliphatic carbocycles. The van der Waals surface area contributed by atoms with Gasteiger partial charge in [-0.3, -0.25) is 0 Å². The van der Waals surface area contributed by atoms with Crippen molar-refractivity contribution >= 4 is 39.5 Å². The number of rotatable bonds is 0. The predicted molar refractivity (Wildman–Crippen MR) is 76.1 cm³/mol. The van der Waals surface area contributed by atoms with Crippen molar-refractivity contribution in [1.82, 2.24) is 0 Å². The third-order valence-electron chi connectivity index (χ3n) is 3.36. The molecule has 84 valence electrons. The van der Waals surface area contributed by atoms with Gasteiger partial charge in [0.25, 0.3) is 0 Å². The number of thioether (sulfide) groups is 1. The third-order valence-corrected chi connectivity index (χ3v) is 4.84. The van der Waals surface area contributed by atoms with E-state index in [-0.39, 0.29) is 5.54 Å². The van der Waals surface area contributed by atoms with E-state index in [2.05, 4.69) is 63.4 Å². The minimum Gasteiger partial charge on any atom is -0.376 e. The smallest absolute Gasteiger partial charge is 0.0575 e. The number of hydrogen-bond donors (Lipinski definition) is 1. The molecule has 2 heterocycles. The van der Waals surface area contributed by atoms with Crippen molar-refractivity contribution in [2.24, 2.45) is 0 Å². The Morgan fingerprint density at radius 1 is 1.25 bits per heavy atom. The Morgan fingerprint density at radius 2 is 2.06 bits per heavy atom. The topological polar surface area (TPSA) is 12.0 Å². The van der Waals surface area contributed by atoms with Crippen LogP contribution in [-0.4, -0.2) is 17.0 Å². The molecule has 2 aliphatic rings. The fourth-order valence-corrected chi connectivity index (χ4v) is 3.97. The summed E-state index contributed by atoms with van der Waals surface area (Å²) in [6.07, 6.45) is 7.11. The van der Waals surface area contributed by atoms with Crippen LogP contribution in [0.1, 0.15) is 18.4 Å². The van der Waals surface area contributed by atoms with Crippen molar-refractivity contribution in [3.63, 3.8) is 0 Å². The van der Waals surface area contributed by atoms with Gasteiger partial charge in [-0.05, 0) is 48.1 Å². The Kier molecular flexibility index (Phi) is 2.76. The van der Waals surface area contributed by atoms with Crippen LogP contribution in [-0.2, 0) is 0 Å². The monoisotopic (exact) mass is 295 g/mol. The molecule has 1 spiro atoms. The van der Waals surface area contributed by atoms with Crippen molar-refractivity contribution in [3.8, 4) is 0 Å². The molecule has 16 heavy (non-hydrogen) atoms. The van der Waals surface area contributed by atoms with Gasteiger partial charge in [0.2, 0.25) is 0 Å². The van der Waals surface area contributed by atoms with E-state index in [0.29, 0.717) is 0 Å². The van der Waals surface area contributed by atoms with Crippen LogP contribution < -0.4 is 5.32 Å². The zero-order valence-electron chi connectivity index (χ0n) is 9.00. The van der Waals surface area contributed by atoms with E-state index in [0.717, 1.165) is 4.47 Å². The number of anilines is 1. The Labute approximate surface area is 109 Å². The number of fused-ring (bicyclic) bond motifs is 1. The third kappa shape index (κ3) is 1.91. The minimum atomic E-state index is 0.228. The summed E-state index contributed by atoms with van der Waals surface area (Å²) in [5.41, 5.74) is 2.79. The van der Waals surface area contributed by atoms with E-state index in [4.69, 9.17) is 0 Å². The van der Waals surface area contributed by atoms with Gasteiger partial charge in [0.1, 0.15) is 0 Å². The van der Waals surface area contributed by atoms with Crippen LogP contribution >= 0.6 is 27.7 Å². The van der Waals surface area contributed by atoms with Gasteiger partial charge in [0.05, 0.1) is 5.54 Å². The number of hydrogen-bond acceptors (Lipinski definition) is 2. The lowest BCUT2D eigenvalue weighted by Crippen LogP contribution is -2.41. The van der Waals surface area contributed by atoms with E-state index in [1.807, 2.05) is 0 Å². The van der Waals surface area contributed by atoms with E-state index >= 15 is 0 Å². The molecule has 0 atom stereocenters. The Bertz CT molecular complexity index is 436. The van der Waals surface area contributed by atoms with Gasteiger partial charge in [0.15, 0.2) is 0 Å². The van der Waals surface area contributed by atoms with Crippen LogP contribution in [0.15, 0.2) is 28.7 Å². The Hall–Kier alpha value is -0.410. The highest BCUT2D eigenvalue weighted by atomic mass is 79.9. The summed E-state index contributed by atoms with van der Waals surface area (Å²) in [7, 11) is 0. The van der Waals surface area contributed by atoms with Gasteiger partial charge in [0, 0.05) is 10.2 Å². The first-order valence-electron chi connectivity index (χ1n) is 5.62. The molecule has 1 nitrogen and oxygen atoms in total. The molecule has 0 bridgehead atoms. The second kappa shape index (κ2) is 4.11. The molecule has 3 rings (SSSR count). The van der Waals surface area contributed by atoms with Crippen LogP contribution in [0.4, 0.5) is 5.69 Å². The summed E-state index contributed by atoms with van der Waals surface area (Å²) < 4.78 is 1.15. The number of nitrogens with one attached hydrogen (secondary N) is 1. The molecule has 1 N–H and O–H groups in total. The summed E-state index contributed by atoms with van der Waals surface area (Å²) in [6, 6.07) is 6.45. The molecular formula is C13H14BrNS. The summed E-state index contributed by atoms with van der Waals surface area (Å²) in [4.78, 5) is 0. The molecule has 0 saturated carbocycles. The lowest BCUT2D eigenvalue weighted by atomic mass is 9.87. The molecule has 3 heteroatoms. The molecule has 2 aliphatic heterocycles. The maximum atomic E-state index is 3.72. The molecule has 0 unspecified atom stereocenters. The van der Waals surface area contributed by atoms with Crippen molar-refractivity contribution in [3.05, 3.63) is 34.3 Å². The van der Waals surface area contributed by atoms with Crippen molar-refractivity contribution in [2.75, 3.05) is 16.8 Å². The molecule has 1 aromatic rings. The van der Waals surface area contributed by atoms with Crippen molar-refractivity contribution < 1.29 is 0 Å². The Morgan fingerprint density at radius 3 is 2.88 bits per heavy atom. The van der Waals surface area contributed by atoms with E-state index in [9.17, 15) is 0 Å². The van der Waals surface area contributed by atoms with Crippen LogP contribution in [0.3, 0.4) is 0 Å². The first-order chi connectivity index (χ1) is 7.77. The van der Waals surface area contributed by atoms with Crippen molar-refractivity contribution in [2.45, 2.75) is 18.4 Å². The predicted octanol–water partition coefficient (Wildman–Crippen LogP) is 4.15. The fraction of sp³-hybridized carbons (Fsp3) is 0.385. The minimum absolute atomic E-state index is 0.228. The molecule has 0 aromatic heterocycles. The van der Waals surface area contributed by atoms with E-state index in [1.54, 1.807) is 0 Å². The van der Waals surface area contributed by atoms with Crippen LogP contribution in [0.2, 0.25) is 0 Å². The molecule has 1 aromatic carbocycles. The second-order valence-corrected chi connectivity index (χ2v) is 6.60. The summed E-state index contributed by atoms with van der Waals surface area (Å²) in [5, 5.41) is 3.72. The average Bonchev–Trinajstić information content (AvgIpc) is 2.31. The zero-order chi connectivity index (χ0) is 11.0. The number of halogens is 1. The Balaban J connectivity index is 1.94. The van der Waals surface area contributed by atoms with Gasteiger partial charge < -0.3 is 5.32 Å². The first-order valence-corrected chi connectivity index (χ1v) is 7.57. The maximum Gasteiger partial charge on any atom is 0.0575 e. The van der Waals surface area contributed by atoms with Crippen LogP contribution in [0.25, 0.3) is 6.08 Å². The lowest BCUT2D eigenvalue weighted by molar-refractivity contribution is 0.532. The zero-order valence-corrected chi connectivity index (χ0v) is 11.4. The standard InChI is InChI=1S/C13H14BrNS/c14-11-1-2-12-10(9-11)3-4-13(15-12)5-7-16-8-6-13/h1-4,9,15H,5-8H2. The molecule has 0 amide bonds. The highest BCUT2D eigenvalue weighted by Crippen LogP contribution is 2.37. The first kappa shape index (κ1) is 10.7. The van der Waals surface area contributed by atoms with Gasteiger partial charge in [-0.25, -0.2) is 0 Å². The quantitative estimate of drug-likeness (QED) is 0.771. The summed E-state index contributed by atoms with van der Waals surface area (Å²) >= 11 is 5.58. The SMILES string of the molecule is Brc1ccc2c(c1)C=CC1(CCSCC1)N2. The lowest BCUT2D eigenvalue weighted by Gasteiger charge is -2.39. The van der Waals surface area contributed by atoms with Crippen LogP contribution in [0.5, 0.6) is 0 Å². The highest BCUT2D eigenvalue weighted by Gasteiger charge is 2.31. The molecule has 1 fully saturated rings. The maximum absolute atomic E-state index is 3.72. The molecule has 1 saturated heterocycles. The van der Waals surface area contributed by atoms with Crippen LogP contribution in [0, 0.1) is 0 Å². The van der Waals surface area contributed by atoms with E-state index < -0.39 is 0 Å². The average molecular weight is 296 g/mol. The van der Waals surface area contributed by atoms with Gasteiger partial charge in [-0.1, -0.05) is 28.1 Å². The van der Waals surface area contributed by atoms with Crippen molar-refractivity contribution in [1.29, 1.82) is 0 Å². The summed E-state index contributed by atoms with van der Waals surface area (Å²) in [5.74, 6) is 2.53. The van der Waals surface area contributed by atoms with Gasteiger partial charge in [-0.2, -0.15) is 11.8 Å². The number of benzene rings is 1.